The van der Waals surface area contributed by atoms with Crippen molar-refractivity contribution >= 4 is 0 Å². The van der Waals surface area contributed by atoms with Crippen molar-refractivity contribution in [2.45, 2.75) is 72.3 Å². The van der Waals surface area contributed by atoms with E-state index in [1.165, 1.54) is 38.5 Å². The number of nitrogens with one attached hydrogen (secondary N) is 1. The lowest BCUT2D eigenvalue weighted by atomic mass is 9.89. The highest BCUT2D eigenvalue weighted by molar-refractivity contribution is 4.86. The summed E-state index contributed by atoms with van der Waals surface area (Å²) in [5.74, 6) is 1.01. The Morgan fingerprint density at radius 2 is 1.87 bits per heavy atom. The molecule has 1 saturated carbocycles. The molecule has 1 N–H and O–H groups in total. The smallest absolute Gasteiger partial charge is 0.00952 e. The molecule has 1 aliphatic rings. The second kappa shape index (κ2) is 5.89. The lowest BCUT2D eigenvalue weighted by molar-refractivity contribution is 0.344. The van der Waals surface area contributed by atoms with Gasteiger partial charge in [-0.25, -0.2) is 0 Å². The van der Waals surface area contributed by atoms with E-state index < -0.39 is 0 Å². The van der Waals surface area contributed by atoms with Crippen LogP contribution < -0.4 is 5.32 Å². The van der Waals surface area contributed by atoms with Crippen LogP contribution in [0, 0.1) is 11.3 Å². The molecule has 0 amide bonds. The molecule has 15 heavy (non-hydrogen) atoms. The van der Waals surface area contributed by atoms with Gasteiger partial charge >= 0.3 is 0 Å². The van der Waals surface area contributed by atoms with Crippen LogP contribution in [0.2, 0.25) is 0 Å². The highest BCUT2D eigenvalue weighted by Gasteiger charge is 2.29. The molecule has 1 rings (SSSR count). The Labute approximate surface area is 96.0 Å². The second-order valence-corrected chi connectivity index (χ2v) is 6.31. The summed E-state index contributed by atoms with van der Waals surface area (Å²) in [6, 6.07) is 0.829. The summed E-state index contributed by atoms with van der Waals surface area (Å²) in [6.45, 7) is 10.4. The van der Waals surface area contributed by atoms with Crippen molar-refractivity contribution in [1.82, 2.24) is 5.32 Å². The van der Waals surface area contributed by atoms with Gasteiger partial charge < -0.3 is 5.32 Å². The zero-order chi connectivity index (χ0) is 11.3. The third-order valence-corrected chi connectivity index (χ3v) is 3.35. The normalized spacial score (nSPS) is 19.2. The van der Waals surface area contributed by atoms with Gasteiger partial charge in [-0.1, -0.05) is 40.5 Å². The SMILES string of the molecule is CCNC(CCCCC(C)(C)C)C1CC1. The molecule has 0 aromatic rings. The lowest BCUT2D eigenvalue weighted by Gasteiger charge is -2.20. The summed E-state index contributed by atoms with van der Waals surface area (Å²) in [5, 5.41) is 3.64. The largest absolute Gasteiger partial charge is 0.314 e. The minimum Gasteiger partial charge on any atom is -0.314 e. The number of unbranched alkanes of at least 4 members (excludes halogenated alkanes) is 1. The standard InChI is InChI=1S/C14H29N/c1-5-15-13(12-9-10-12)8-6-7-11-14(2,3)4/h12-13,15H,5-11H2,1-4H3. The van der Waals surface area contributed by atoms with Crippen LogP contribution in [-0.4, -0.2) is 12.6 Å². The molecule has 0 spiro atoms. The van der Waals surface area contributed by atoms with Crippen molar-refractivity contribution in [1.29, 1.82) is 0 Å². The maximum absolute atomic E-state index is 3.64. The van der Waals surface area contributed by atoms with Crippen LogP contribution in [0.4, 0.5) is 0 Å². The quantitative estimate of drug-likeness (QED) is 0.628. The first-order valence-electron chi connectivity index (χ1n) is 6.76. The van der Waals surface area contributed by atoms with Gasteiger partial charge in [-0.15, -0.1) is 0 Å². The van der Waals surface area contributed by atoms with E-state index in [1.54, 1.807) is 0 Å². The third kappa shape index (κ3) is 6.19. The lowest BCUT2D eigenvalue weighted by Crippen LogP contribution is -2.30. The fraction of sp³-hybridized carbons (Fsp3) is 1.00. The van der Waals surface area contributed by atoms with Crippen molar-refractivity contribution in [2.75, 3.05) is 6.54 Å². The van der Waals surface area contributed by atoms with Gasteiger partial charge in [0.05, 0.1) is 0 Å². The zero-order valence-corrected chi connectivity index (χ0v) is 11.1. The van der Waals surface area contributed by atoms with E-state index in [4.69, 9.17) is 0 Å². The van der Waals surface area contributed by atoms with Gasteiger partial charge in [-0.2, -0.15) is 0 Å². The molecule has 1 unspecified atom stereocenters. The first kappa shape index (κ1) is 13.0. The van der Waals surface area contributed by atoms with Crippen molar-refractivity contribution < 1.29 is 0 Å². The fourth-order valence-corrected chi connectivity index (χ4v) is 2.28. The molecule has 0 bridgehead atoms. The van der Waals surface area contributed by atoms with E-state index in [1.807, 2.05) is 0 Å². The van der Waals surface area contributed by atoms with Gasteiger partial charge in [0.25, 0.3) is 0 Å². The third-order valence-electron chi connectivity index (χ3n) is 3.35. The summed E-state index contributed by atoms with van der Waals surface area (Å²) >= 11 is 0. The van der Waals surface area contributed by atoms with Crippen LogP contribution in [0.15, 0.2) is 0 Å². The average molecular weight is 211 g/mol. The topological polar surface area (TPSA) is 12.0 Å². The molecule has 1 fully saturated rings. The Morgan fingerprint density at radius 3 is 2.33 bits per heavy atom. The number of rotatable bonds is 7. The first-order chi connectivity index (χ1) is 7.03. The summed E-state index contributed by atoms with van der Waals surface area (Å²) in [6.07, 6.45) is 8.52. The predicted octanol–water partition coefficient (Wildman–Crippen LogP) is 3.98. The van der Waals surface area contributed by atoms with Crippen molar-refractivity contribution in [2.24, 2.45) is 11.3 Å². The Bertz CT molecular complexity index is 165. The summed E-state index contributed by atoms with van der Waals surface area (Å²) in [4.78, 5) is 0. The van der Waals surface area contributed by atoms with Gasteiger partial charge in [0.1, 0.15) is 0 Å². The van der Waals surface area contributed by atoms with Gasteiger partial charge in [0, 0.05) is 6.04 Å². The van der Waals surface area contributed by atoms with Gasteiger partial charge in [0.15, 0.2) is 0 Å². The first-order valence-corrected chi connectivity index (χ1v) is 6.76. The number of hydrogen-bond donors (Lipinski definition) is 1. The average Bonchev–Trinajstić information content (AvgIpc) is 2.91. The van der Waals surface area contributed by atoms with E-state index in [0.717, 1.165) is 18.5 Å². The maximum atomic E-state index is 3.64. The molecule has 0 saturated heterocycles. The van der Waals surface area contributed by atoms with E-state index >= 15 is 0 Å². The van der Waals surface area contributed by atoms with E-state index in [0.29, 0.717) is 5.41 Å². The Morgan fingerprint density at radius 1 is 1.20 bits per heavy atom. The van der Waals surface area contributed by atoms with Crippen LogP contribution in [0.3, 0.4) is 0 Å². The van der Waals surface area contributed by atoms with E-state index in [9.17, 15) is 0 Å². The number of hydrogen-bond acceptors (Lipinski definition) is 1. The highest BCUT2D eigenvalue weighted by atomic mass is 14.9. The van der Waals surface area contributed by atoms with Crippen molar-refractivity contribution in [3.63, 3.8) is 0 Å². The summed E-state index contributed by atoms with van der Waals surface area (Å²) < 4.78 is 0. The van der Waals surface area contributed by atoms with E-state index in [-0.39, 0.29) is 0 Å². The molecule has 1 heteroatoms. The molecule has 0 radical (unpaired) electrons. The molecular formula is C14H29N. The van der Waals surface area contributed by atoms with Crippen LogP contribution in [0.1, 0.15) is 66.2 Å². The Kier molecular flexibility index (Phi) is 5.11. The second-order valence-electron chi connectivity index (χ2n) is 6.31. The Balaban J connectivity index is 2.06. The zero-order valence-electron chi connectivity index (χ0n) is 11.1. The monoisotopic (exact) mass is 211 g/mol. The molecule has 0 heterocycles. The minimum absolute atomic E-state index is 0.521. The molecule has 0 aromatic carbocycles. The minimum atomic E-state index is 0.521. The molecular weight excluding hydrogens is 182 g/mol. The van der Waals surface area contributed by atoms with Gasteiger partial charge in [0.2, 0.25) is 0 Å². The molecule has 0 aliphatic heterocycles. The highest BCUT2D eigenvalue weighted by Crippen LogP contribution is 2.35. The molecule has 0 aromatic heterocycles. The van der Waals surface area contributed by atoms with Crippen LogP contribution in [-0.2, 0) is 0 Å². The molecule has 1 atom stereocenters. The van der Waals surface area contributed by atoms with Crippen LogP contribution in [0.5, 0.6) is 0 Å². The van der Waals surface area contributed by atoms with Gasteiger partial charge in [-0.3, -0.25) is 0 Å². The van der Waals surface area contributed by atoms with Gasteiger partial charge in [-0.05, 0) is 43.6 Å². The molecule has 1 aliphatic carbocycles. The van der Waals surface area contributed by atoms with Crippen LogP contribution in [0.25, 0.3) is 0 Å². The summed E-state index contributed by atoms with van der Waals surface area (Å²) in [7, 11) is 0. The fourth-order valence-electron chi connectivity index (χ4n) is 2.28. The molecule has 1 nitrogen and oxygen atoms in total. The Hall–Kier alpha value is -0.0400. The predicted molar refractivity (Wildman–Crippen MR) is 68.1 cm³/mol. The maximum Gasteiger partial charge on any atom is 0.00952 e. The van der Waals surface area contributed by atoms with Crippen molar-refractivity contribution in [3.8, 4) is 0 Å². The molecule has 90 valence electrons. The van der Waals surface area contributed by atoms with Crippen molar-refractivity contribution in [3.05, 3.63) is 0 Å². The van der Waals surface area contributed by atoms with Crippen LogP contribution >= 0.6 is 0 Å². The summed E-state index contributed by atoms with van der Waals surface area (Å²) in [5.41, 5.74) is 0.521. The van der Waals surface area contributed by atoms with E-state index in [2.05, 4.69) is 33.0 Å².